The van der Waals surface area contributed by atoms with E-state index in [4.69, 9.17) is 20.9 Å². The van der Waals surface area contributed by atoms with Crippen LogP contribution in [0.3, 0.4) is 0 Å². The molecular weight excluding hydrogens is 770 g/mol. The summed E-state index contributed by atoms with van der Waals surface area (Å²) in [6.07, 6.45) is -4.46. The number of fused-ring (bicyclic) bond motifs is 5. The number of nitrogens with two attached hydrogens (primary N) is 2. The summed E-state index contributed by atoms with van der Waals surface area (Å²) in [5.41, 5.74) is 20.2. The first-order valence-electron chi connectivity index (χ1n) is 18.7. The SMILES string of the molecule is Cc1cc(N)ccc1-c1ccc(-c2ccc(N)cc2C(F)(F)F)cc1.O=C1OC(=O)c2cc(C3(c4ccc5c(c4)C(=O)OC5=O)c4ccccc4-c4ccccc43)ccc21. The first kappa shape index (κ1) is 37.8. The lowest BCUT2D eigenvalue weighted by Crippen LogP contribution is -2.29. The molecule has 0 amide bonds. The second kappa shape index (κ2) is 13.9. The van der Waals surface area contributed by atoms with Gasteiger partial charge in [-0.05, 0) is 117 Å². The maximum atomic E-state index is 13.3. The topological polar surface area (TPSA) is 139 Å². The predicted molar refractivity (Wildman–Crippen MR) is 219 cm³/mol. The molecule has 7 aromatic carbocycles. The van der Waals surface area contributed by atoms with E-state index in [2.05, 4.69) is 0 Å². The van der Waals surface area contributed by atoms with Gasteiger partial charge < -0.3 is 20.9 Å². The van der Waals surface area contributed by atoms with Crippen LogP contribution in [0.4, 0.5) is 24.5 Å². The van der Waals surface area contributed by atoms with Gasteiger partial charge in [0, 0.05) is 11.4 Å². The summed E-state index contributed by atoms with van der Waals surface area (Å²) in [5, 5.41) is 0. The van der Waals surface area contributed by atoms with Gasteiger partial charge in [-0.3, -0.25) is 0 Å². The first-order chi connectivity index (χ1) is 28.7. The molecule has 0 saturated heterocycles. The molecule has 0 atom stereocenters. The van der Waals surface area contributed by atoms with Gasteiger partial charge in [0.15, 0.2) is 0 Å². The van der Waals surface area contributed by atoms with Gasteiger partial charge in [0.2, 0.25) is 0 Å². The minimum absolute atomic E-state index is 0.0881. The maximum Gasteiger partial charge on any atom is 0.417 e. The number of nitrogen functional groups attached to an aromatic ring is 2. The van der Waals surface area contributed by atoms with E-state index in [0.29, 0.717) is 11.3 Å². The Balaban J connectivity index is 0.000000164. The molecule has 10 rings (SSSR count). The van der Waals surface area contributed by atoms with Crippen LogP contribution in [0.15, 0.2) is 146 Å². The van der Waals surface area contributed by atoms with Gasteiger partial charge in [-0.15, -0.1) is 0 Å². The van der Waals surface area contributed by atoms with Crippen molar-refractivity contribution in [3.05, 3.63) is 201 Å². The Kier molecular flexibility index (Phi) is 8.78. The summed E-state index contributed by atoms with van der Waals surface area (Å²) in [6.45, 7) is 1.95. The number of carbonyl (C=O) groups excluding carboxylic acids is 4. The standard InChI is InChI=1S/C29H14O6.C20H17F3N2/c30-25-19-11-9-15(13-21(19)27(32)34-25)29(16-10-12-20-22(14-16)28(33)35-26(20)31)23-7-3-1-5-17(23)18-6-2-4-8-24(18)29;1-12-10-15(24)6-8-17(12)13-2-4-14(5-3-13)18-9-7-16(25)11-19(18)20(21,22)23/h1-14H;2-11H,24-25H2,1H3. The summed E-state index contributed by atoms with van der Waals surface area (Å²) in [7, 11) is 0. The monoisotopic (exact) mass is 800 g/mol. The second-order valence-corrected chi connectivity index (χ2v) is 14.7. The third-order valence-electron chi connectivity index (χ3n) is 11.2. The minimum Gasteiger partial charge on any atom is -0.399 e. The van der Waals surface area contributed by atoms with Crippen LogP contribution in [0.25, 0.3) is 33.4 Å². The molecule has 1 aliphatic carbocycles. The van der Waals surface area contributed by atoms with E-state index in [-0.39, 0.29) is 33.5 Å². The van der Waals surface area contributed by atoms with Crippen LogP contribution in [0, 0.1) is 6.92 Å². The number of rotatable bonds is 4. The van der Waals surface area contributed by atoms with Crippen molar-refractivity contribution in [2.75, 3.05) is 11.5 Å². The number of hydrogen-bond acceptors (Lipinski definition) is 8. The number of cyclic esters (lactones) is 4. The smallest absolute Gasteiger partial charge is 0.399 e. The summed E-state index contributed by atoms with van der Waals surface area (Å²) in [5.74, 6) is -2.72. The van der Waals surface area contributed by atoms with Crippen LogP contribution < -0.4 is 11.5 Å². The molecule has 2 heterocycles. The van der Waals surface area contributed by atoms with Crippen molar-refractivity contribution < 1.29 is 41.8 Å². The maximum absolute atomic E-state index is 13.3. The van der Waals surface area contributed by atoms with Gasteiger partial charge in [-0.1, -0.05) is 97.1 Å². The zero-order chi connectivity index (χ0) is 42.1. The van der Waals surface area contributed by atoms with Gasteiger partial charge in [0.1, 0.15) is 0 Å². The highest BCUT2D eigenvalue weighted by molar-refractivity contribution is 6.16. The Morgan fingerprint density at radius 1 is 0.450 bits per heavy atom. The summed E-state index contributed by atoms with van der Waals surface area (Å²) >= 11 is 0. The van der Waals surface area contributed by atoms with Crippen LogP contribution in [0.1, 0.15) is 74.8 Å². The molecule has 60 heavy (non-hydrogen) atoms. The average Bonchev–Trinajstić information content (AvgIpc) is 3.82. The number of carbonyl (C=O) groups is 4. The first-order valence-corrected chi connectivity index (χ1v) is 18.7. The van der Waals surface area contributed by atoms with Crippen molar-refractivity contribution in [3.8, 4) is 33.4 Å². The Bertz CT molecular complexity index is 2870. The van der Waals surface area contributed by atoms with Crippen molar-refractivity contribution in [1.29, 1.82) is 0 Å². The zero-order valence-corrected chi connectivity index (χ0v) is 31.6. The van der Waals surface area contributed by atoms with Crippen LogP contribution in [-0.2, 0) is 21.1 Å². The van der Waals surface area contributed by atoms with E-state index in [1.165, 1.54) is 12.1 Å². The lowest BCUT2D eigenvalue weighted by molar-refractivity contribution is -0.137. The highest BCUT2D eigenvalue weighted by Gasteiger charge is 2.48. The van der Waals surface area contributed by atoms with Gasteiger partial charge in [-0.25, -0.2) is 19.2 Å². The van der Waals surface area contributed by atoms with Crippen molar-refractivity contribution >= 4 is 35.3 Å². The molecule has 0 saturated carbocycles. The van der Waals surface area contributed by atoms with Crippen LogP contribution in [0.5, 0.6) is 0 Å². The number of hydrogen-bond donors (Lipinski definition) is 2. The number of anilines is 2. The van der Waals surface area contributed by atoms with E-state index < -0.39 is 41.0 Å². The fraction of sp³-hybridized carbons (Fsp3) is 0.0612. The average molecular weight is 801 g/mol. The predicted octanol–water partition coefficient (Wildman–Crippen LogP) is 10.2. The highest BCUT2D eigenvalue weighted by atomic mass is 19.4. The number of aryl methyl sites for hydroxylation is 1. The molecule has 0 unspecified atom stereocenters. The zero-order valence-electron chi connectivity index (χ0n) is 31.6. The fourth-order valence-electron chi connectivity index (χ4n) is 8.55. The molecule has 2 aliphatic heterocycles. The molecular formula is C49H31F3N2O6. The van der Waals surface area contributed by atoms with Gasteiger partial charge in [0.25, 0.3) is 0 Å². The van der Waals surface area contributed by atoms with Crippen LogP contribution in [-0.4, -0.2) is 23.9 Å². The minimum atomic E-state index is -4.46. The van der Waals surface area contributed by atoms with Gasteiger partial charge >= 0.3 is 30.1 Å². The van der Waals surface area contributed by atoms with Crippen LogP contribution in [0.2, 0.25) is 0 Å². The number of esters is 4. The molecule has 0 radical (unpaired) electrons. The molecule has 8 nitrogen and oxygen atoms in total. The normalized spacial score (nSPS) is 14.3. The molecule has 0 fully saturated rings. The van der Waals surface area contributed by atoms with E-state index in [1.807, 2.05) is 91.9 Å². The van der Waals surface area contributed by atoms with Crippen molar-refractivity contribution in [1.82, 2.24) is 0 Å². The van der Waals surface area contributed by atoms with E-state index >= 15 is 0 Å². The Morgan fingerprint density at radius 2 is 0.867 bits per heavy atom. The molecule has 7 aromatic rings. The van der Waals surface area contributed by atoms with Gasteiger partial charge in [0.05, 0.1) is 33.2 Å². The number of halogens is 3. The van der Waals surface area contributed by atoms with Gasteiger partial charge in [-0.2, -0.15) is 13.2 Å². The fourth-order valence-corrected chi connectivity index (χ4v) is 8.55. The Morgan fingerprint density at radius 3 is 1.35 bits per heavy atom. The number of alkyl halides is 3. The molecule has 294 valence electrons. The molecule has 0 bridgehead atoms. The Hall–Kier alpha value is -7.79. The number of ether oxygens (including phenoxy) is 2. The third-order valence-corrected chi connectivity index (χ3v) is 11.2. The lowest BCUT2D eigenvalue weighted by Gasteiger charge is -2.34. The Labute approximate surface area is 340 Å². The summed E-state index contributed by atoms with van der Waals surface area (Å²) < 4.78 is 49.5. The van der Waals surface area contributed by atoms with Crippen molar-refractivity contribution in [2.24, 2.45) is 0 Å². The summed E-state index contributed by atoms with van der Waals surface area (Å²) in [4.78, 5) is 49.2. The highest BCUT2D eigenvalue weighted by Crippen LogP contribution is 2.56. The largest absolute Gasteiger partial charge is 0.417 e. The third kappa shape index (κ3) is 6.01. The summed E-state index contributed by atoms with van der Waals surface area (Å²) in [6, 6.07) is 42.5. The number of benzene rings is 7. The van der Waals surface area contributed by atoms with Crippen LogP contribution >= 0.6 is 0 Å². The molecule has 3 aliphatic rings. The molecule has 11 heteroatoms. The quantitative estimate of drug-likeness (QED) is 0.102. The van der Waals surface area contributed by atoms with E-state index in [0.717, 1.165) is 56.1 Å². The van der Waals surface area contributed by atoms with E-state index in [9.17, 15) is 32.3 Å². The molecule has 0 spiro atoms. The molecule has 0 aromatic heterocycles. The lowest BCUT2D eigenvalue weighted by atomic mass is 9.67. The second-order valence-electron chi connectivity index (χ2n) is 14.7. The van der Waals surface area contributed by atoms with Crippen molar-refractivity contribution in [2.45, 2.75) is 18.5 Å². The van der Waals surface area contributed by atoms with Crippen molar-refractivity contribution in [3.63, 3.8) is 0 Å². The molecule has 4 N–H and O–H groups in total. The van der Waals surface area contributed by atoms with E-state index in [1.54, 1.807) is 42.5 Å².